The van der Waals surface area contributed by atoms with E-state index in [1.54, 1.807) is 12.1 Å². The number of hydrogen-bond acceptors (Lipinski definition) is 4. The molecule has 0 aliphatic carbocycles. The van der Waals surface area contributed by atoms with Gasteiger partial charge in [0.1, 0.15) is 16.9 Å². The van der Waals surface area contributed by atoms with Gasteiger partial charge in [-0.1, -0.05) is 0 Å². The molecule has 0 saturated carbocycles. The third-order valence-electron chi connectivity index (χ3n) is 3.66. The zero-order valence-corrected chi connectivity index (χ0v) is 14.1. The standard InChI is InChI=1S/C17H18FN3OS/c1-4-21(14-7-5-13(18)6-8-14)10-16(22)20-17-15(9-19)11(2)12(3)23-17/h5-8H,4,10H2,1-3H3,(H,20,22). The van der Waals surface area contributed by atoms with Crippen molar-refractivity contribution < 1.29 is 9.18 Å². The SMILES string of the molecule is CCN(CC(=O)Nc1sc(C)c(C)c1C#N)c1ccc(F)cc1. The van der Waals surface area contributed by atoms with Gasteiger partial charge in [0, 0.05) is 17.1 Å². The zero-order valence-electron chi connectivity index (χ0n) is 13.3. The average Bonchev–Trinajstić information content (AvgIpc) is 2.79. The van der Waals surface area contributed by atoms with E-state index in [9.17, 15) is 14.4 Å². The lowest BCUT2D eigenvalue weighted by molar-refractivity contribution is -0.114. The Bertz CT molecular complexity index is 746. The van der Waals surface area contributed by atoms with Crippen LogP contribution in [-0.2, 0) is 4.79 Å². The summed E-state index contributed by atoms with van der Waals surface area (Å²) in [4.78, 5) is 15.1. The molecule has 0 fully saturated rings. The number of halogens is 1. The second-order valence-electron chi connectivity index (χ2n) is 5.14. The Hall–Kier alpha value is -2.39. The highest BCUT2D eigenvalue weighted by Gasteiger charge is 2.16. The summed E-state index contributed by atoms with van der Waals surface area (Å²) in [7, 11) is 0. The number of carbonyl (C=O) groups excluding carboxylic acids is 1. The number of nitriles is 1. The van der Waals surface area contributed by atoms with Crippen molar-refractivity contribution >= 4 is 27.9 Å². The monoisotopic (exact) mass is 331 g/mol. The first-order chi connectivity index (χ1) is 11.0. The Labute approximate surface area is 139 Å². The minimum absolute atomic E-state index is 0.142. The van der Waals surface area contributed by atoms with Crippen LogP contribution >= 0.6 is 11.3 Å². The minimum atomic E-state index is -0.308. The number of anilines is 2. The minimum Gasteiger partial charge on any atom is -0.362 e. The van der Waals surface area contributed by atoms with E-state index in [2.05, 4.69) is 11.4 Å². The molecule has 0 saturated heterocycles. The Balaban J connectivity index is 2.10. The molecular weight excluding hydrogens is 313 g/mol. The molecule has 0 spiro atoms. The van der Waals surface area contributed by atoms with Crippen molar-refractivity contribution in [3.8, 4) is 6.07 Å². The molecule has 120 valence electrons. The molecule has 0 unspecified atom stereocenters. The highest BCUT2D eigenvalue weighted by atomic mass is 32.1. The number of aryl methyl sites for hydroxylation is 1. The normalized spacial score (nSPS) is 10.2. The summed E-state index contributed by atoms with van der Waals surface area (Å²) in [6, 6.07) is 8.17. The number of nitrogens with zero attached hydrogens (tertiary/aromatic N) is 2. The fourth-order valence-electron chi connectivity index (χ4n) is 2.23. The maximum absolute atomic E-state index is 13.0. The molecule has 0 aliphatic rings. The van der Waals surface area contributed by atoms with Crippen LogP contribution in [0.1, 0.15) is 22.9 Å². The number of amides is 1. The van der Waals surface area contributed by atoms with Gasteiger partial charge in [0.05, 0.1) is 12.1 Å². The lowest BCUT2D eigenvalue weighted by Gasteiger charge is -2.22. The Kier molecular flexibility index (Phi) is 5.35. The van der Waals surface area contributed by atoms with Gasteiger partial charge in [-0.2, -0.15) is 5.26 Å². The van der Waals surface area contributed by atoms with E-state index >= 15 is 0 Å². The highest BCUT2D eigenvalue weighted by molar-refractivity contribution is 7.16. The number of benzene rings is 1. The number of carbonyl (C=O) groups is 1. The van der Waals surface area contributed by atoms with E-state index in [1.807, 2.05) is 25.7 Å². The van der Waals surface area contributed by atoms with Crippen molar-refractivity contribution in [3.05, 3.63) is 46.1 Å². The summed E-state index contributed by atoms with van der Waals surface area (Å²) >= 11 is 1.40. The Morgan fingerprint density at radius 1 is 1.35 bits per heavy atom. The number of nitrogens with one attached hydrogen (secondary N) is 1. The molecular formula is C17H18FN3OS. The van der Waals surface area contributed by atoms with Crippen LogP contribution in [0, 0.1) is 31.0 Å². The van der Waals surface area contributed by atoms with E-state index in [0.29, 0.717) is 17.1 Å². The first-order valence-corrected chi connectivity index (χ1v) is 8.08. The maximum Gasteiger partial charge on any atom is 0.244 e. The Morgan fingerprint density at radius 2 is 2.00 bits per heavy atom. The molecule has 23 heavy (non-hydrogen) atoms. The molecule has 4 nitrogen and oxygen atoms in total. The van der Waals surface area contributed by atoms with Crippen LogP contribution in [0.5, 0.6) is 0 Å². The van der Waals surface area contributed by atoms with Crippen molar-refractivity contribution in [2.45, 2.75) is 20.8 Å². The summed E-state index contributed by atoms with van der Waals surface area (Å²) in [5.74, 6) is -0.508. The van der Waals surface area contributed by atoms with Gasteiger partial charge in [-0.15, -0.1) is 11.3 Å². The van der Waals surface area contributed by atoms with E-state index in [0.717, 1.165) is 16.1 Å². The van der Waals surface area contributed by atoms with Gasteiger partial charge >= 0.3 is 0 Å². The summed E-state index contributed by atoms with van der Waals surface area (Å²) in [6.07, 6.45) is 0. The molecule has 6 heteroatoms. The predicted molar refractivity (Wildman–Crippen MR) is 91.4 cm³/mol. The van der Waals surface area contributed by atoms with Gasteiger partial charge in [-0.25, -0.2) is 4.39 Å². The molecule has 0 atom stereocenters. The van der Waals surface area contributed by atoms with Crippen LogP contribution in [0.4, 0.5) is 15.1 Å². The number of likely N-dealkylation sites (N-methyl/N-ethyl adjacent to an activating group) is 1. The van der Waals surface area contributed by atoms with E-state index in [4.69, 9.17) is 0 Å². The quantitative estimate of drug-likeness (QED) is 0.905. The first kappa shape index (κ1) is 17.0. The van der Waals surface area contributed by atoms with Crippen molar-refractivity contribution in [1.29, 1.82) is 5.26 Å². The summed E-state index contributed by atoms with van der Waals surface area (Å²) < 4.78 is 13.0. The molecule has 2 aromatic rings. The van der Waals surface area contributed by atoms with Crippen LogP contribution < -0.4 is 10.2 Å². The molecule has 0 bridgehead atoms. The predicted octanol–water partition coefficient (Wildman–Crippen LogP) is 3.84. The molecule has 1 heterocycles. The van der Waals surface area contributed by atoms with Crippen LogP contribution in [0.25, 0.3) is 0 Å². The fourth-order valence-corrected chi connectivity index (χ4v) is 3.25. The maximum atomic E-state index is 13.0. The molecule has 1 aromatic carbocycles. The number of rotatable bonds is 5. The first-order valence-electron chi connectivity index (χ1n) is 7.26. The van der Waals surface area contributed by atoms with Crippen LogP contribution in [0.15, 0.2) is 24.3 Å². The molecule has 1 aromatic heterocycles. The summed E-state index contributed by atoms with van der Waals surface area (Å²) in [5, 5.41) is 12.6. The second-order valence-corrected chi connectivity index (χ2v) is 6.36. The summed E-state index contributed by atoms with van der Waals surface area (Å²) in [6.45, 7) is 6.48. The van der Waals surface area contributed by atoms with Gasteiger partial charge in [0.2, 0.25) is 5.91 Å². The molecule has 2 rings (SSSR count). The van der Waals surface area contributed by atoms with Gasteiger partial charge in [-0.3, -0.25) is 4.79 Å². The van der Waals surface area contributed by atoms with Crippen LogP contribution in [0.3, 0.4) is 0 Å². The van der Waals surface area contributed by atoms with Gasteiger partial charge in [-0.05, 0) is 50.6 Å². The lowest BCUT2D eigenvalue weighted by Crippen LogP contribution is -2.33. The number of thiophene rings is 1. The lowest BCUT2D eigenvalue weighted by atomic mass is 10.2. The smallest absolute Gasteiger partial charge is 0.244 e. The third-order valence-corrected chi connectivity index (χ3v) is 4.78. The molecule has 0 radical (unpaired) electrons. The van der Waals surface area contributed by atoms with Crippen LogP contribution in [0.2, 0.25) is 0 Å². The Morgan fingerprint density at radius 3 is 2.57 bits per heavy atom. The van der Waals surface area contributed by atoms with Crippen molar-refractivity contribution in [2.24, 2.45) is 0 Å². The van der Waals surface area contributed by atoms with Crippen LogP contribution in [-0.4, -0.2) is 19.0 Å². The molecule has 1 N–H and O–H groups in total. The average molecular weight is 331 g/mol. The molecule has 0 aliphatic heterocycles. The fraction of sp³-hybridized carbons (Fsp3) is 0.294. The van der Waals surface area contributed by atoms with E-state index in [-0.39, 0.29) is 18.3 Å². The zero-order chi connectivity index (χ0) is 17.0. The van der Waals surface area contributed by atoms with Gasteiger partial charge in [0.25, 0.3) is 0 Å². The largest absolute Gasteiger partial charge is 0.362 e. The van der Waals surface area contributed by atoms with Crippen molar-refractivity contribution in [2.75, 3.05) is 23.3 Å². The molecule has 1 amide bonds. The van der Waals surface area contributed by atoms with Crippen molar-refractivity contribution in [1.82, 2.24) is 0 Å². The van der Waals surface area contributed by atoms with E-state index in [1.165, 1.54) is 23.5 Å². The highest BCUT2D eigenvalue weighted by Crippen LogP contribution is 2.31. The number of hydrogen-bond donors (Lipinski definition) is 1. The third kappa shape index (κ3) is 3.88. The van der Waals surface area contributed by atoms with E-state index < -0.39 is 0 Å². The summed E-state index contributed by atoms with van der Waals surface area (Å²) in [5.41, 5.74) is 2.20. The van der Waals surface area contributed by atoms with Gasteiger partial charge in [0.15, 0.2) is 0 Å². The van der Waals surface area contributed by atoms with Gasteiger partial charge < -0.3 is 10.2 Å². The topological polar surface area (TPSA) is 56.1 Å². The second kappa shape index (κ2) is 7.25. The van der Waals surface area contributed by atoms with Crippen molar-refractivity contribution in [3.63, 3.8) is 0 Å².